The highest BCUT2D eigenvalue weighted by molar-refractivity contribution is 5.90. The molecule has 0 aliphatic rings. The molecule has 0 spiro atoms. The smallest absolute Gasteiger partial charge is 0.225 e. The Hall–Kier alpha value is -1.84. The van der Waals surface area contributed by atoms with Gasteiger partial charge >= 0.3 is 0 Å². The molecule has 2 rings (SSSR count). The van der Waals surface area contributed by atoms with Gasteiger partial charge in [-0.05, 0) is 31.9 Å². The zero-order valence-electron chi connectivity index (χ0n) is 13.4. The van der Waals surface area contributed by atoms with Crippen LogP contribution in [0.3, 0.4) is 0 Å². The molecular formula is C17H26N4. The monoisotopic (exact) mass is 286 g/mol. The van der Waals surface area contributed by atoms with Gasteiger partial charge in [-0.2, -0.15) is 4.98 Å². The second kappa shape index (κ2) is 7.81. The van der Waals surface area contributed by atoms with Crippen molar-refractivity contribution in [2.24, 2.45) is 0 Å². The van der Waals surface area contributed by atoms with E-state index in [0.29, 0.717) is 0 Å². The fraction of sp³-hybridized carbons (Fsp3) is 0.529. The van der Waals surface area contributed by atoms with Crippen molar-refractivity contribution in [3.63, 3.8) is 0 Å². The van der Waals surface area contributed by atoms with Crippen LogP contribution in [0.2, 0.25) is 0 Å². The van der Waals surface area contributed by atoms with Gasteiger partial charge in [-0.1, -0.05) is 32.4 Å². The van der Waals surface area contributed by atoms with E-state index < -0.39 is 0 Å². The fourth-order valence-corrected chi connectivity index (χ4v) is 2.38. The summed E-state index contributed by atoms with van der Waals surface area (Å²) >= 11 is 0. The van der Waals surface area contributed by atoms with Crippen molar-refractivity contribution in [2.45, 2.75) is 40.0 Å². The van der Waals surface area contributed by atoms with Crippen LogP contribution < -0.4 is 10.2 Å². The molecule has 0 atom stereocenters. The summed E-state index contributed by atoms with van der Waals surface area (Å²) in [5, 5.41) is 4.45. The molecule has 0 saturated heterocycles. The summed E-state index contributed by atoms with van der Waals surface area (Å²) in [4.78, 5) is 11.7. The minimum atomic E-state index is 0.737. The maximum absolute atomic E-state index is 4.77. The highest BCUT2D eigenvalue weighted by Gasteiger charge is 2.12. The quantitative estimate of drug-likeness (QED) is 0.794. The maximum atomic E-state index is 4.77. The minimum absolute atomic E-state index is 0.737. The number of benzene rings is 1. The third-order valence-electron chi connectivity index (χ3n) is 3.58. The standard InChI is InChI=1S/C17H26N4/c1-4-7-13-21(6-3)16-14-10-8-9-11-15(14)19-17(20-16)18-12-5-2/h8-11H,4-7,12-13H2,1-3H3,(H,18,19,20). The third kappa shape index (κ3) is 3.84. The molecule has 0 aliphatic heterocycles. The molecule has 1 aromatic heterocycles. The van der Waals surface area contributed by atoms with Gasteiger partial charge in [-0.25, -0.2) is 4.98 Å². The van der Waals surface area contributed by atoms with Gasteiger partial charge < -0.3 is 10.2 Å². The molecule has 0 fully saturated rings. The maximum Gasteiger partial charge on any atom is 0.225 e. The number of nitrogens with one attached hydrogen (secondary N) is 1. The van der Waals surface area contributed by atoms with E-state index in [0.717, 1.165) is 48.7 Å². The van der Waals surface area contributed by atoms with Crippen LogP contribution in [-0.2, 0) is 0 Å². The Bertz CT molecular complexity index is 568. The van der Waals surface area contributed by atoms with Gasteiger partial charge in [0.15, 0.2) is 0 Å². The lowest BCUT2D eigenvalue weighted by Gasteiger charge is -2.23. The first-order chi connectivity index (χ1) is 10.3. The second-order valence-corrected chi connectivity index (χ2v) is 5.25. The summed E-state index contributed by atoms with van der Waals surface area (Å²) in [6.07, 6.45) is 3.45. The van der Waals surface area contributed by atoms with E-state index in [2.05, 4.69) is 54.2 Å². The minimum Gasteiger partial charge on any atom is -0.356 e. The van der Waals surface area contributed by atoms with Gasteiger partial charge in [-0.15, -0.1) is 0 Å². The zero-order chi connectivity index (χ0) is 15.1. The summed E-state index contributed by atoms with van der Waals surface area (Å²) in [7, 11) is 0. The van der Waals surface area contributed by atoms with Crippen molar-refractivity contribution in [1.82, 2.24) is 9.97 Å². The summed E-state index contributed by atoms with van der Waals surface area (Å²) in [6, 6.07) is 8.27. The van der Waals surface area contributed by atoms with Crippen LogP contribution in [0.25, 0.3) is 10.9 Å². The molecule has 0 saturated carbocycles. The number of fused-ring (bicyclic) bond motifs is 1. The molecular weight excluding hydrogens is 260 g/mol. The van der Waals surface area contributed by atoms with Crippen LogP contribution in [0.1, 0.15) is 40.0 Å². The van der Waals surface area contributed by atoms with Crippen LogP contribution in [0, 0.1) is 0 Å². The fourth-order valence-electron chi connectivity index (χ4n) is 2.38. The van der Waals surface area contributed by atoms with E-state index in [-0.39, 0.29) is 0 Å². The first-order valence-corrected chi connectivity index (χ1v) is 8.05. The number of nitrogens with zero attached hydrogens (tertiary/aromatic N) is 3. The SMILES string of the molecule is CCCCN(CC)c1nc(NCCC)nc2ccccc12. The Morgan fingerprint density at radius 3 is 2.57 bits per heavy atom. The number of anilines is 2. The summed E-state index contributed by atoms with van der Waals surface area (Å²) in [5.74, 6) is 1.79. The van der Waals surface area contributed by atoms with Gasteiger partial charge in [0.05, 0.1) is 5.52 Å². The van der Waals surface area contributed by atoms with Crippen LogP contribution in [0.15, 0.2) is 24.3 Å². The van der Waals surface area contributed by atoms with Crippen molar-refractivity contribution in [3.8, 4) is 0 Å². The normalized spacial score (nSPS) is 10.8. The lowest BCUT2D eigenvalue weighted by Crippen LogP contribution is -2.25. The van der Waals surface area contributed by atoms with E-state index in [1.54, 1.807) is 0 Å². The number of hydrogen-bond donors (Lipinski definition) is 1. The van der Waals surface area contributed by atoms with Crippen molar-refractivity contribution in [1.29, 1.82) is 0 Å². The largest absolute Gasteiger partial charge is 0.356 e. The molecule has 2 aromatic rings. The lowest BCUT2D eigenvalue weighted by molar-refractivity contribution is 0.726. The Morgan fingerprint density at radius 2 is 1.86 bits per heavy atom. The molecule has 1 aromatic carbocycles. The van der Waals surface area contributed by atoms with Crippen LogP contribution in [0.5, 0.6) is 0 Å². The molecule has 0 radical (unpaired) electrons. The summed E-state index contributed by atoms with van der Waals surface area (Å²) in [5.41, 5.74) is 1.01. The number of rotatable bonds is 8. The van der Waals surface area contributed by atoms with Crippen LogP contribution in [0.4, 0.5) is 11.8 Å². The molecule has 0 amide bonds. The van der Waals surface area contributed by atoms with E-state index in [1.807, 2.05) is 6.07 Å². The highest BCUT2D eigenvalue weighted by atomic mass is 15.2. The Morgan fingerprint density at radius 1 is 1.05 bits per heavy atom. The molecule has 4 heteroatoms. The zero-order valence-corrected chi connectivity index (χ0v) is 13.4. The van der Waals surface area contributed by atoms with Crippen molar-refractivity contribution < 1.29 is 0 Å². The first-order valence-electron chi connectivity index (χ1n) is 8.05. The average Bonchev–Trinajstić information content (AvgIpc) is 2.53. The topological polar surface area (TPSA) is 41.1 Å². The molecule has 0 bridgehead atoms. The van der Waals surface area contributed by atoms with E-state index >= 15 is 0 Å². The van der Waals surface area contributed by atoms with Crippen molar-refractivity contribution >= 4 is 22.7 Å². The van der Waals surface area contributed by atoms with Gasteiger partial charge in [0.1, 0.15) is 5.82 Å². The predicted octanol–water partition coefficient (Wildman–Crippen LogP) is 4.08. The predicted molar refractivity (Wildman–Crippen MR) is 91.1 cm³/mol. The second-order valence-electron chi connectivity index (χ2n) is 5.25. The van der Waals surface area contributed by atoms with Gasteiger partial charge in [0, 0.05) is 25.0 Å². The lowest BCUT2D eigenvalue weighted by atomic mass is 10.2. The Balaban J connectivity index is 2.42. The summed E-state index contributed by atoms with van der Waals surface area (Å²) in [6.45, 7) is 9.47. The van der Waals surface area contributed by atoms with Gasteiger partial charge in [0.25, 0.3) is 0 Å². The van der Waals surface area contributed by atoms with E-state index in [1.165, 1.54) is 12.8 Å². The number of hydrogen-bond acceptors (Lipinski definition) is 4. The van der Waals surface area contributed by atoms with Crippen molar-refractivity contribution in [3.05, 3.63) is 24.3 Å². The molecule has 21 heavy (non-hydrogen) atoms. The molecule has 0 aliphatic carbocycles. The number of unbranched alkanes of at least 4 members (excludes halogenated alkanes) is 1. The molecule has 114 valence electrons. The molecule has 4 nitrogen and oxygen atoms in total. The number of aromatic nitrogens is 2. The van der Waals surface area contributed by atoms with Crippen LogP contribution in [-0.4, -0.2) is 29.6 Å². The van der Waals surface area contributed by atoms with E-state index in [4.69, 9.17) is 4.98 Å². The molecule has 1 N–H and O–H groups in total. The third-order valence-corrected chi connectivity index (χ3v) is 3.58. The molecule has 1 heterocycles. The Kier molecular flexibility index (Phi) is 5.78. The van der Waals surface area contributed by atoms with Gasteiger partial charge in [-0.3, -0.25) is 0 Å². The van der Waals surface area contributed by atoms with Crippen LogP contribution >= 0.6 is 0 Å². The Labute approximate surface area is 127 Å². The molecule has 0 unspecified atom stereocenters. The van der Waals surface area contributed by atoms with Crippen molar-refractivity contribution in [2.75, 3.05) is 29.9 Å². The number of para-hydroxylation sites is 1. The van der Waals surface area contributed by atoms with E-state index in [9.17, 15) is 0 Å². The highest BCUT2D eigenvalue weighted by Crippen LogP contribution is 2.25. The van der Waals surface area contributed by atoms with Gasteiger partial charge in [0.2, 0.25) is 5.95 Å². The summed E-state index contributed by atoms with van der Waals surface area (Å²) < 4.78 is 0. The average molecular weight is 286 g/mol. The first kappa shape index (κ1) is 15.5.